The van der Waals surface area contributed by atoms with Crippen LogP contribution in [0.25, 0.3) is 11.0 Å². The molecule has 15 heavy (non-hydrogen) atoms. The van der Waals surface area contributed by atoms with Gasteiger partial charge < -0.3 is 9.15 Å². The van der Waals surface area contributed by atoms with E-state index in [0.717, 1.165) is 21.0 Å². The topological polar surface area (TPSA) is 22.4 Å². The zero-order chi connectivity index (χ0) is 10.8. The van der Waals surface area contributed by atoms with Crippen molar-refractivity contribution in [1.29, 1.82) is 0 Å². The van der Waals surface area contributed by atoms with Crippen LogP contribution in [-0.2, 0) is 11.3 Å². The van der Waals surface area contributed by atoms with E-state index in [1.54, 1.807) is 6.26 Å². The van der Waals surface area contributed by atoms with Crippen LogP contribution in [0.2, 0.25) is 0 Å². The summed E-state index contributed by atoms with van der Waals surface area (Å²) in [6, 6.07) is 5.98. The van der Waals surface area contributed by atoms with E-state index in [1.165, 1.54) is 0 Å². The van der Waals surface area contributed by atoms with Gasteiger partial charge >= 0.3 is 0 Å². The third kappa shape index (κ3) is 2.41. The van der Waals surface area contributed by atoms with Crippen LogP contribution in [0.1, 0.15) is 19.4 Å². The van der Waals surface area contributed by atoms with Crippen molar-refractivity contribution < 1.29 is 9.15 Å². The van der Waals surface area contributed by atoms with Crippen LogP contribution < -0.4 is 0 Å². The second-order valence-corrected chi connectivity index (χ2v) is 4.68. The summed E-state index contributed by atoms with van der Waals surface area (Å²) in [6.07, 6.45) is 2.00. The van der Waals surface area contributed by atoms with Gasteiger partial charge in [0.15, 0.2) is 0 Å². The van der Waals surface area contributed by atoms with Crippen molar-refractivity contribution in [3.63, 3.8) is 0 Å². The Morgan fingerprint density at radius 1 is 1.40 bits per heavy atom. The predicted octanol–water partition coefficient (Wildman–Crippen LogP) is 4.12. The molecule has 0 bridgehead atoms. The second-order valence-electron chi connectivity index (χ2n) is 3.76. The van der Waals surface area contributed by atoms with Crippen LogP contribution in [0.15, 0.2) is 33.4 Å². The lowest BCUT2D eigenvalue weighted by molar-refractivity contribution is 0.0660. The number of fused-ring (bicyclic) bond motifs is 1. The maximum absolute atomic E-state index is 5.56. The van der Waals surface area contributed by atoms with Gasteiger partial charge in [0.2, 0.25) is 0 Å². The van der Waals surface area contributed by atoms with Crippen molar-refractivity contribution in [2.75, 3.05) is 0 Å². The molecule has 0 atom stereocenters. The van der Waals surface area contributed by atoms with Crippen LogP contribution in [0.5, 0.6) is 0 Å². The molecule has 0 spiro atoms. The number of halogens is 1. The molecule has 0 saturated heterocycles. The zero-order valence-corrected chi connectivity index (χ0v) is 10.4. The van der Waals surface area contributed by atoms with Gasteiger partial charge in [0, 0.05) is 15.4 Å². The summed E-state index contributed by atoms with van der Waals surface area (Å²) in [4.78, 5) is 0. The van der Waals surface area contributed by atoms with Gasteiger partial charge in [0.05, 0.1) is 19.0 Å². The van der Waals surface area contributed by atoms with Gasteiger partial charge in [-0.05, 0) is 32.0 Å². The number of furan rings is 1. The lowest BCUT2D eigenvalue weighted by Gasteiger charge is -2.05. The summed E-state index contributed by atoms with van der Waals surface area (Å²) in [7, 11) is 0. The number of hydrogen-bond donors (Lipinski definition) is 0. The molecule has 0 amide bonds. The van der Waals surface area contributed by atoms with E-state index in [-0.39, 0.29) is 6.10 Å². The van der Waals surface area contributed by atoms with Crippen molar-refractivity contribution >= 4 is 26.9 Å². The first-order valence-corrected chi connectivity index (χ1v) is 5.73. The van der Waals surface area contributed by atoms with E-state index >= 15 is 0 Å². The van der Waals surface area contributed by atoms with E-state index in [0.29, 0.717) is 6.61 Å². The number of rotatable bonds is 3. The summed E-state index contributed by atoms with van der Waals surface area (Å²) in [5.74, 6) is 0. The Kier molecular flexibility index (Phi) is 3.12. The Morgan fingerprint density at radius 2 is 2.20 bits per heavy atom. The molecule has 0 fully saturated rings. The Balaban J connectivity index is 2.31. The van der Waals surface area contributed by atoms with Crippen LogP contribution in [0, 0.1) is 0 Å². The van der Waals surface area contributed by atoms with E-state index in [1.807, 2.05) is 26.0 Å². The monoisotopic (exact) mass is 268 g/mol. The minimum Gasteiger partial charge on any atom is -0.464 e. The first kappa shape index (κ1) is 10.7. The third-order valence-corrected chi connectivity index (χ3v) is 2.68. The number of benzene rings is 1. The molecule has 0 aliphatic carbocycles. The molecule has 1 aromatic heterocycles. The van der Waals surface area contributed by atoms with Crippen molar-refractivity contribution in [2.24, 2.45) is 0 Å². The van der Waals surface area contributed by atoms with Crippen molar-refractivity contribution in [2.45, 2.75) is 26.6 Å². The molecule has 0 N–H and O–H groups in total. The van der Waals surface area contributed by atoms with Gasteiger partial charge in [-0.2, -0.15) is 0 Å². The average Bonchev–Trinajstić information content (AvgIpc) is 2.57. The lowest BCUT2D eigenvalue weighted by atomic mass is 10.2. The summed E-state index contributed by atoms with van der Waals surface area (Å²) < 4.78 is 12.1. The van der Waals surface area contributed by atoms with Gasteiger partial charge in [-0.25, -0.2) is 0 Å². The Morgan fingerprint density at radius 3 is 2.93 bits per heavy atom. The minimum absolute atomic E-state index is 0.238. The highest BCUT2D eigenvalue weighted by Gasteiger charge is 2.06. The maximum Gasteiger partial charge on any atom is 0.134 e. The largest absolute Gasteiger partial charge is 0.464 e. The molecule has 0 aliphatic heterocycles. The molecule has 0 radical (unpaired) electrons. The molecule has 2 rings (SSSR count). The Bertz CT molecular complexity index is 460. The fraction of sp³-hybridized carbons (Fsp3) is 0.333. The highest BCUT2D eigenvalue weighted by atomic mass is 79.9. The van der Waals surface area contributed by atoms with Crippen LogP contribution in [0.4, 0.5) is 0 Å². The first-order chi connectivity index (χ1) is 7.16. The molecule has 2 aromatic rings. The first-order valence-electron chi connectivity index (χ1n) is 4.94. The molecule has 1 aromatic carbocycles. The standard InChI is InChI=1S/C12H13BrO2/c1-8(2)14-6-9-7-15-12-4-3-10(13)5-11(9)12/h3-5,7-8H,6H2,1-2H3. The third-order valence-electron chi connectivity index (χ3n) is 2.19. The normalized spacial score (nSPS) is 11.5. The van der Waals surface area contributed by atoms with Crippen LogP contribution >= 0.6 is 15.9 Å². The Hall–Kier alpha value is -0.800. The number of ether oxygens (including phenoxy) is 1. The van der Waals surface area contributed by atoms with Gasteiger partial charge in [-0.15, -0.1) is 0 Å². The molecule has 80 valence electrons. The van der Waals surface area contributed by atoms with Crippen molar-refractivity contribution in [1.82, 2.24) is 0 Å². The second kappa shape index (κ2) is 4.37. The van der Waals surface area contributed by atoms with Gasteiger partial charge in [-0.3, -0.25) is 0 Å². The van der Waals surface area contributed by atoms with Crippen LogP contribution in [0.3, 0.4) is 0 Å². The average molecular weight is 269 g/mol. The smallest absolute Gasteiger partial charge is 0.134 e. The van der Waals surface area contributed by atoms with Crippen molar-refractivity contribution in [3.05, 3.63) is 34.5 Å². The maximum atomic E-state index is 5.56. The predicted molar refractivity (Wildman–Crippen MR) is 63.8 cm³/mol. The van der Waals surface area contributed by atoms with Crippen molar-refractivity contribution in [3.8, 4) is 0 Å². The van der Waals surface area contributed by atoms with E-state index in [2.05, 4.69) is 22.0 Å². The summed E-state index contributed by atoms with van der Waals surface area (Å²) in [5.41, 5.74) is 2.00. The molecular formula is C12H13BrO2. The SMILES string of the molecule is CC(C)OCc1coc2ccc(Br)cc12. The highest BCUT2D eigenvalue weighted by molar-refractivity contribution is 9.10. The zero-order valence-electron chi connectivity index (χ0n) is 8.79. The fourth-order valence-corrected chi connectivity index (χ4v) is 1.78. The summed E-state index contributed by atoms with van der Waals surface area (Å²) in [5, 5.41) is 1.12. The number of hydrogen-bond acceptors (Lipinski definition) is 2. The van der Waals surface area contributed by atoms with E-state index in [4.69, 9.17) is 9.15 Å². The molecule has 3 heteroatoms. The fourth-order valence-electron chi connectivity index (χ4n) is 1.42. The van der Waals surface area contributed by atoms with E-state index in [9.17, 15) is 0 Å². The van der Waals surface area contributed by atoms with E-state index < -0.39 is 0 Å². The van der Waals surface area contributed by atoms with Gasteiger partial charge in [0.25, 0.3) is 0 Å². The lowest BCUT2D eigenvalue weighted by Crippen LogP contribution is -2.01. The highest BCUT2D eigenvalue weighted by Crippen LogP contribution is 2.25. The molecule has 0 aliphatic rings. The molecule has 2 nitrogen and oxygen atoms in total. The Labute approximate surface area is 97.3 Å². The molecule has 0 saturated carbocycles. The van der Waals surface area contributed by atoms with Gasteiger partial charge in [0.1, 0.15) is 5.58 Å². The molecular weight excluding hydrogens is 256 g/mol. The molecule has 0 unspecified atom stereocenters. The minimum atomic E-state index is 0.238. The van der Waals surface area contributed by atoms with Gasteiger partial charge in [-0.1, -0.05) is 15.9 Å². The summed E-state index contributed by atoms with van der Waals surface area (Å²) >= 11 is 3.45. The molecule has 1 heterocycles. The quantitative estimate of drug-likeness (QED) is 0.836. The summed E-state index contributed by atoms with van der Waals surface area (Å²) in [6.45, 7) is 4.65. The van der Waals surface area contributed by atoms with Crippen LogP contribution in [-0.4, -0.2) is 6.10 Å².